The van der Waals surface area contributed by atoms with E-state index in [2.05, 4.69) is 11.4 Å². The number of halogens is 1. The van der Waals surface area contributed by atoms with Gasteiger partial charge in [0.05, 0.1) is 25.2 Å². The molecule has 0 radical (unpaired) electrons. The normalized spacial score (nSPS) is 15.3. The van der Waals surface area contributed by atoms with E-state index >= 15 is 0 Å². The summed E-state index contributed by atoms with van der Waals surface area (Å²) in [6.45, 7) is 2.24. The van der Waals surface area contributed by atoms with Crippen LogP contribution in [0.1, 0.15) is 17.0 Å². The Hall–Kier alpha value is -2.55. The second-order valence-electron chi connectivity index (χ2n) is 5.74. The second-order valence-corrected chi connectivity index (χ2v) is 6.15. The topological polar surface area (TPSA) is 65.4 Å². The zero-order valence-corrected chi connectivity index (χ0v) is 14.4. The van der Waals surface area contributed by atoms with Gasteiger partial charge in [-0.05, 0) is 23.3 Å². The van der Waals surface area contributed by atoms with Crippen LogP contribution in [0.4, 0.5) is 10.5 Å². The quantitative estimate of drug-likeness (QED) is 0.909. The first kappa shape index (κ1) is 17.3. The number of carbonyl (C=O) groups is 1. The number of benzene rings is 2. The van der Waals surface area contributed by atoms with Crippen molar-refractivity contribution in [2.45, 2.75) is 5.92 Å². The summed E-state index contributed by atoms with van der Waals surface area (Å²) in [6.07, 6.45) is 0. The standard InChI is InChI=1S/C19H18ClN3O2/c20-18-12-15(22-19(24)23-8-10-25-11-9-23)6-7-16(18)17(13-21)14-4-2-1-3-5-14/h1-7,12,17H,8-11H2,(H,22,24)/t17-/m1/s1. The van der Waals surface area contributed by atoms with Crippen LogP contribution in [-0.4, -0.2) is 37.2 Å². The van der Waals surface area contributed by atoms with Crippen LogP contribution >= 0.6 is 11.6 Å². The molecule has 1 saturated heterocycles. The van der Waals surface area contributed by atoms with E-state index in [1.807, 2.05) is 30.3 Å². The van der Waals surface area contributed by atoms with Crippen LogP contribution in [0.2, 0.25) is 5.02 Å². The van der Waals surface area contributed by atoms with Crippen molar-refractivity contribution in [2.75, 3.05) is 31.6 Å². The first-order valence-corrected chi connectivity index (χ1v) is 8.44. The molecule has 3 rings (SSSR count). The number of nitrogens with zero attached hydrogens (tertiary/aromatic N) is 2. The SMILES string of the molecule is N#C[C@H](c1ccccc1)c1ccc(NC(=O)N2CCOCC2)cc1Cl. The molecule has 1 aliphatic heterocycles. The van der Waals surface area contributed by atoms with E-state index in [1.165, 1.54) is 0 Å². The van der Waals surface area contributed by atoms with E-state index in [9.17, 15) is 10.1 Å². The lowest BCUT2D eigenvalue weighted by molar-refractivity contribution is 0.0564. The van der Waals surface area contributed by atoms with Gasteiger partial charge in [0.15, 0.2) is 0 Å². The maximum absolute atomic E-state index is 12.2. The van der Waals surface area contributed by atoms with Gasteiger partial charge >= 0.3 is 6.03 Å². The monoisotopic (exact) mass is 355 g/mol. The zero-order chi connectivity index (χ0) is 17.6. The molecular formula is C19H18ClN3O2. The lowest BCUT2D eigenvalue weighted by Gasteiger charge is -2.27. The van der Waals surface area contributed by atoms with Gasteiger partial charge in [-0.3, -0.25) is 0 Å². The number of rotatable bonds is 3. The molecule has 0 aliphatic carbocycles. The highest BCUT2D eigenvalue weighted by Crippen LogP contribution is 2.31. The molecule has 1 heterocycles. The molecule has 0 spiro atoms. The summed E-state index contributed by atoms with van der Waals surface area (Å²) in [7, 11) is 0. The third-order valence-corrected chi connectivity index (χ3v) is 4.45. The van der Waals surface area contributed by atoms with Crippen LogP contribution in [0.25, 0.3) is 0 Å². The number of morpholine rings is 1. The van der Waals surface area contributed by atoms with Crippen LogP contribution in [0.15, 0.2) is 48.5 Å². The van der Waals surface area contributed by atoms with E-state index in [0.29, 0.717) is 37.0 Å². The number of nitriles is 1. The van der Waals surface area contributed by atoms with E-state index in [1.54, 1.807) is 23.1 Å². The number of urea groups is 1. The van der Waals surface area contributed by atoms with E-state index in [-0.39, 0.29) is 6.03 Å². The van der Waals surface area contributed by atoms with Gasteiger partial charge < -0.3 is 15.0 Å². The van der Waals surface area contributed by atoms with Gasteiger partial charge in [0.1, 0.15) is 0 Å². The van der Waals surface area contributed by atoms with Gasteiger partial charge in [0.2, 0.25) is 0 Å². The molecule has 1 N–H and O–H groups in total. The Balaban J connectivity index is 1.76. The molecule has 6 heteroatoms. The van der Waals surface area contributed by atoms with Crippen molar-refractivity contribution >= 4 is 23.3 Å². The second kappa shape index (κ2) is 8.02. The minimum atomic E-state index is -0.447. The molecule has 2 aromatic carbocycles. The van der Waals surface area contributed by atoms with Crippen LogP contribution in [0.5, 0.6) is 0 Å². The summed E-state index contributed by atoms with van der Waals surface area (Å²) < 4.78 is 5.24. The molecule has 0 bridgehead atoms. The Morgan fingerprint density at radius 3 is 2.56 bits per heavy atom. The predicted octanol–water partition coefficient (Wildman–Crippen LogP) is 3.86. The largest absolute Gasteiger partial charge is 0.378 e. The third kappa shape index (κ3) is 4.11. The number of hydrogen-bond donors (Lipinski definition) is 1. The highest BCUT2D eigenvalue weighted by Gasteiger charge is 2.19. The fourth-order valence-corrected chi connectivity index (χ4v) is 3.07. The summed E-state index contributed by atoms with van der Waals surface area (Å²) in [5, 5.41) is 12.8. The summed E-state index contributed by atoms with van der Waals surface area (Å²) in [5.74, 6) is -0.447. The van der Waals surface area contributed by atoms with Crippen LogP contribution in [0, 0.1) is 11.3 Å². The van der Waals surface area contributed by atoms with E-state index in [4.69, 9.17) is 16.3 Å². The maximum atomic E-state index is 12.2. The average molecular weight is 356 g/mol. The Kier molecular flexibility index (Phi) is 5.54. The number of carbonyl (C=O) groups excluding carboxylic acids is 1. The first-order chi connectivity index (χ1) is 12.2. The number of nitrogens with one attached hydrogen (secondary N) is 1. The van der Waals surface area contributed by atoms with Crippen LogP contribution < -0.4 is 5.32 Å². The molecule has 2 amide bonds. The fraction of sp³-hybridized carbons (Fsp3) is 0.263. The van der Waals surface area contributed by atoms with Gasteiger partial charge in [-0.15, -0.1) is 0 Å². The highest BCUT2D eigenvalue weighted by atomic mass is 35.5. The third-order valence-electron chi connectivity index (χ3n) is 4.12. The lowest BCUT2D eigenvalue weighted by atomic mass is 9.92. The lowest BCUT2D eigenvalue weighted by Crippen LogP contribution is -2.43. The van der Waals surface area contributed by atoms with Crippen molar-refractivity contribution in [3.8, 4) is 6.07 Å². The zero-order valence-electron chi connectivity index (χ0n) is 13.6. The molecule has 0 unspecified atom stereocenters. The van der Waals surface area contributed by atoms with Crippen molar-refractivity contribution in [3.63, 3.8) is 0 Å². The number of hydrogen-bond acceptors (Lipinski definition) is 3. The number of ether oxygens (including phenoxy) is 1. The van der Waals surface area contributed by atoms with Gasteiger partial charge in [-0.2, -0.15) is 5.26 Å². The molecule has 5 nitrogen and oxygen atoms in total. The highest BCUT2D eigenvalue weighted by molar-refractivity contribution is 6.31. The molecule has 0 aromatic heterocycles. The Bertz CT molecular complexity index is 783. The molecule has 1 aliphatic rings. The Labute approximate surface area is 151 Å². The van der Waals surface area contributed by atoms with Gasteiger partial charge in [0, 0.05) is 23.8 Å². The molecule has 1 fully saturated rings. The van der Waals surface area contributed by atoms with Gasteiger partial charge in [0.25, 0.3) is 0 Å². The van der Waals surface area contributed by atoms with Crippen LogP contribution in [-0.2, 0) is 4.74 Å². The molecule has 128 valence electrons. The molecule has 2 aromatic rings. The maximum Gasteiger partial charge on any atom is 0.322 e. The van der Waals surface area contributed by atoms with Crippen LogP contribution in [0.3, 0.4) is 0 Å². The van der Waals surface area contributed by atoms with E-state index in [0.717, 1.165) is 11.1 Å². The minimum Gasteiger partial charge on any atom is -0.378 e. The summed E-state index contributed by atoms with van der Waals surface area (Å²) >= 11 is 6.39. The van der Waals surface area contributed by atoms with Crippen molar-refractivity contribution in [1.29, 1.82) is 5.26 Å². The smallest absolute Gasteiger partial charge is 0.322 e. The molecular weight excluding hydrogens is 338 g/mol. The molecule has 0 saturated carbocycles. The number of anilines is 1. The van der Waals surface area contributed by atoms with Gasteiger partial charge in [-0.25, -0.2) is 4.79 Å². The van der Waals surface area contributed by atoms with Crippen molar-refractivity contribution in [1.82, 2.24) is 4.90 Å². The van der Waals surface area contributed by atoms with Gasteiger partial charge in [-0.1, -0.05) is 48.0 Å². The molecule has 1 atom stereocenters. The Morgan fingerprint density at radius 1 is 1.20 bits per heavy atom. The summed E-state index contributed by atoms with van der Waals surface area (Å²) in [5.41, 5.74) is 2.21. The average Bonchev–Trinajstić information content (AvgIpc) is 2.65. The first-order valence-electron chi connectivity index (χ1n) is 8.06. The summed E-state index contributed by atoms with van der Waals surface area (Å²) in [4.78, 5) is 13.9. The van der Waals surface area contributed by atoms with Crippen molar-refractivity contribution in [2.24, 2.45) is 0 Å². The number of amides is 2. The minimum absolute atomic E-state index is 0.174. The van der Waals surface area contributed by atoms with Crippen molar-refractivity contribution < 1.29 is 9.53 Å². The molecule has 25 heavy (non-hydrogen) atoms. The Morgan fingerprint density at radius 2 is 1.92 bits per heavy atom. The summed E-state index contributed by atoms with van der Waals surface area (Å²) in [6, 6.07) is 16.9. The fourth-order valence-electron chi connectivity index (χ4n) is 2.78. The van der Waals surface area contributed by atoms with E-state index < -0.39 is 5.92 Å². The predicted molar refractivity (Wildman–Crippen MR) is 96.8 cm³/mol. The van der Waals surface area contributed by atoms with Crippen molar-refractivity contribution in [3.05, 3.63) is 64.7 Å².